The van der Waals surface area contributed by atoms with Gasteiger partial charge in [-0.25, -0.2) is 4.68 Å². The number of rotatable bonds is 6. The predicted molar refractivity (Wildman–Crippen MR) is 141 cm³/mol. The molecular weight excluding hydrogens is 464 g/mol. The highest BCUT2D eigenvalue weighted by Crippen LogP contribution is 2.46. The summed E-state index contributed by atoms with van der Waals surface area (Å²) in [6, 6.07) is 20.1. The van der Waals surface area contributed by atoms with Crippen molar-refractivity contribution in [1.29, 1.82) is 0 Å². The van der Waals surface area contributed by atoms with Crippen molar-refractivity contribution in [2.24, 2.45) is 0 Å². The second-order valence-corrected chi connectivity index (χ2v) is 10.2. The Morgan fingerprint density at radius 2 is 1.89 bits per heavy atom. The summed E-state index contributed by atoms with van der Waals surface area (Å²) in [7, 11) is 0. The van der Waals surface area contributed by atoms with Crippen molar-refractivity contribution < 1.29 is 14.7 Å². The van der Waals surface area contributed by atoms with Crippen LogP contribution in [0.25, 0.3) is 11.0 Å². The lowest BCUT2D eigenvalue weighted by Crippen LogP contribution is -2.41. The van der Waals surface area contributed by atoms with Crippen molar-refractivity contribution in [1.82, 2.24) is 19.9 Å². The van der Waals surface area contributed by atoms with Crippen LogP contribution in [-0.4, -0.2) is 42.9 Å². The Morgan fingerprint density at radius 3 is 2.65 bits per heavy atom. The highest BCUT2D eigenvalue weighted by Gasteiger charge is 2.43. The summed E-state index contributed by atoms with van der Waals surface area (Å²) < 4.78 is 1.85. The van der Waals surface area contributed by atoms with Gasteiger partial charge < -0.3 is 10.0 Å². The SMILES string of the molecule is CCn1nnc2c(C)c([C@@H](CC(=O)O)c3ccc4c(c3)C3CCC(C4)N3C(=O)c3ccccc3)ccc21. The lowest BCUT2D eigenvalue weighted by molar-refractivity contribution is -0.137. The first kappa shape index (κ1) is 23.4. The van der Waals surface area contributed by atoms with Crippen molar-refractivity contribution in [3.05, 3.63) is 94.0 Å². The molecule has 1 saturated heterocycles. The fourth-order valence-corrected chi connectivity index (χ4v) is 6.38. The molecule has 6 rings (SSSR count). The number of aliphatic carboxylic acids is 1. The van der Waals surface area contributed by atoms with Gasteiger partial charge in [-0.3, -0.25) is 9.59 Å². The third-order valence-corrected chi connectivity index (χ3v) is 8.18. The summed E-state index contributed by atoms with van der Waals surface area (Å²) in [6.07, 6.45) is 2.72. The predicted octanol–water partition coefficient (Wildman–Crippen LogP) is 5.27. The summed E-state index contributed by atoms with van der Waals surface area (Å²) in [6.45, 7) is 4.75. The molecule has 3 heterocycles. The molecule has 1 amide bonds. The molecule has 1 aromatic heterocycles. The number of aryl methyl sites for hydroxylation is 2. The van der Waals surface area contributed by atoms with E-state index in [9.17, 15) is 14.7 Å². The van der Waals surface area contributed by atoms with Gasteiger partial charge in [-0.2, -0.15) is 0 Å². The number of carboxylic acid groups (broad SMARTS) is 1. The number of hydrogen-bond donors (Lipinski definition) is 1. The number of carbonyl (C=O) groups excluding carboxylic acids is 1. The molecule has 1 N–H and O–H groups in total. The third kappa shape index (κ3) is 3.89. The normalized spacial score (nSPS) is 19.1. The molecule has 0 radical (unpaired) electrons. The van der Waals surface area contributed by atoms with Gasteiger partial charge >= 0.3 is 5.97 Å². The van der Waals surface area contributed by atoms with Crippen LogP contribution in [0.1, 0.15) is 76.3 Å². The highest BCUT2D eigenvalue weighted by atomic mass is 16.4. The van der Waals surface area contributed by atoms with Gasteiger partial charge in [0.2, 0.25) is 0 Å². The van der Waals surface area contributed by atoms with Crippen LogP contribution in [0.5, 0.6) is 0 Å². The summed E-state index contributed by atoms with van der Waals surface area (Å²) in [5.41, 5.74) is 7.78. The van der Waals surface area contributed by atoms with Gasteiger partial charge in [0.25, 0.3) is 5.91 Å². The Balaban J connectivity index is 1.41. The molecule has 0 spiro atoms. The maximum absolute atomic E-state index is 13.5. The van der Waals surface area contributed by atoms with Crippen LogP contribution in [0.2, 0.25) is 0 Å². The van der Waals surface area contributed by atoms with Crippen LogP contribution < -0.4 is 0 Å². The number of hydrogen-bond acceptors (Lipinski definition) is 4. The van der Waals surface area contributed by atoms with Gasteiger partial charge in [0.15, 0.2) is 0 Å². The number of nitrogens with zero attached hydrogens (tertiary/aromatic N) is 4. The highest BCUT2D eigenvalue weighted by molar-refractivity contribution is 5.95. The van der Waals surface area contributed by atoms with Crippen LogP contribution in [-0.2, 0) is 17.8 Å². The van der Waals surface area contributed by atoms with Crippen molar-refractivity contribution >= 4 is 22.9 Å². The lowest BCUT2D eigenvalue weighted by atomic mass is 9.82. The smallest absolute Gasteiger partial charge is 0.304 e. The monoisotopic (exact) mass is 494 g/mol. The molecule has 7 nitrogen and oxygen atoms in total. The van der Waals surface area contributed by atoms with E-state index in [4.69, 9.17) is 0 Å². The van der Waals surface area contributed by atoms with Crippen LogP contribution in [0.3, 0.4) is 0 Å². The largest absolute Gasteiger partial charge is 0.481 e. The number of carbonyl (C=O) groups is 2. The molecule has 7 heteroatoms. The topological polar surface area (TPSA) is 88.3 Å². The number of fused-ring (bicyclic) bond motifs is 5. The average molecular weight is 495 g/mol. The second-order valence-electron chi connectivity index (χ2n) is 10.2. The Hall–Kier alpha value is -4.00. The minimum Gasteiger partial charge on any atom is -0.481 e. The van der Waals surface area contributed by atoms with Crippen molar-refractivity contribution in [3.63, 3.8) is 0 Å². The van der Waals surface area contributed by atoms with E-state index in [1.807, 2.05) is 61.0 Å². The average Bonchev–Trinajstić information content (AvgIpc) is 3.48. The van der Waals surface area contributed by atoms with Crippen molar-refractivity contribution in [3.8, 4) is 0 Å². The first-order valence-corrected chi connectivity index (χ1v) is 13.0. The van der Waals surface area contributed by atoms with Crippen molar-refractivity contribution in [2.45, 2.75) is 64.1 Å². The number of amides is 1. The standard InChI is InChI=1S/C30H30N4O3/c1-3-33-27-14-12-23(18(2)29(27)31-32-33)24(17-28(35)36)21-10-9-20-15-22-11-13-26(25(20)16-21)34(22)30(37)19-7-5-4-6-8-19/h4-10,12,14,16,22,24,26H,3,11,13,15,17H2,1-2H3,(H,35,36)/t22?,24-,26?/m0/s1. The van der Waals surface area contributed by atoms with E-state index in [2.05, 4.69) is 33.4 Å². The van der Waals surface area contributed by atoms with E-state index in [-0.39, 0.29) is 30.3 Å². The molecule has 3 atom stereocenters. The summed E-state index contributed by atoms with van der Waals surface area (Å²) in [4.78, 5) is 27.6. The van der Waals surface area contributed by atoms with Gasteiger partial charge in [-0.15, -0.1) is 5.10 Å². The second kappa shape index (κ2) is 9.14. The van der Waals surface area contributed by atoms with E-state index >= 15 is 0 Å². The van der Waals surface area contributed by atoms with Gasteiger partial charge in [-0.1, -0.05) is 47.7 Å². The zero-order valence-corrected chi connectivity index (χ0v) is 21.1. The van der Waals surface area contributed by atoms with Gasteiger partial charge in [0, 0.05) is 24.1 Å². The summed E-state index contributed by atoms with van der Waals surface area (Å²) >= 11 is 0. The van der Waals surface area contributed by atoms with Gasteiger partial charge in [0.1, 0.15) is 5.52 Å². The molecule has 0 aliphatic carbocycles. The first-order chi connectivity index (χ1) is 18.0. The zero-order valence-electron chi connectivity index (χ0n) is 21.1. The number of benzene rings is 3. The molecule has 2 unspecified atom stereocenters. The fraction of sp³-hybridized carbons (Fsp3) is 0.333. The van der Waals surface area contributed by atoms with Crippen LogP contribution in [0.4, 0.5) is 0 Å². The van der Waals surface area contributed by atoms with Gasteiger partial charge in [-0.05, 0) is 79.1 Å². The Kier molecular flexibility index (Phi) is 5.78. The number of carboxylic acids is 1. The quantitative estimate of drug-likeness (QED) is 0.395. The zero-order chi connectivity index (χ0) is 25.7. The van der Waals surface area contributed by atoms with E-state index in [1.54, 1.807) is 0 Å². The van der Waals surface area contributed by atoms with E-state index in [0.717, 1.165) is 59.1 Å². The van der Waals surface area contributed by atoms with Gasteiger partial charge in [0.05, 0.1) is 18.0 Å². The molecular formula is C30H30N4O3. The third-order valence-electron chi connectivity index (χ3n) is 8.18. The van der Waals surface area contributed by atoms with Crippen LogP contribution in [0.15, 0.2) is 60.7 Å². The maximum Gasteiger partial charge on any atom is 0.304 e. The molecule has 0 saturated carbocycles. The first-order valence-electron chi connectivity index (χ1n) is 13.0. The minimum absolute atomic E-state index is 0.0138. The molecule has 4 aromatic rings. The van der Waals surface area contributed by atoms with E-state index in [0.29, 0.717) is 5.56 Å². The van der Waals surface area contributed by atoms with Crippen LogP contribution in [0, 0.1) is 6.92 Å². The number of aromatic nitrogens is 3. The molecule has 37 heavy (non-hydrogen) atoms. The molecule has 2 aliphatic rings. The fourth-order valence-electron chi connectivity index (χ4n) is 6.38. The summed E-state index contributed by atoms with van der Waals surface area (Å²) in [5.74, 6) is -1.09. The molecule has 1 fully saturated rings. The summed E-state index contributed by atoms with van der Waals surface area (Å²) in [5, 5.41) is 18.5. The molecule has 3 aromatic carbocycles. The lowest BCUT2D eigenvalue weighted by Gasteiger charge is -2.37. The van der Waals surface area contributed by atoms with E-state index < -0.39 is 5.97 Å². The maximum atomic E-state index is 13.5. The Labute approximate surface area is 215 Å². The molecule has 188 valence electrons. The molecule has 2 bridgehead atoms. The Bertz CT molecular complexity index is 1510. The Morgan fingerprint density at radius 1 is 1.08 bits per heavy atom. The minimum atomic E-state index is -0.846. The molecule has 2 aliphatic heterocycles. The van der Waals surface area contributed by atoms with Crippen molar-refractivity contribution in [2.75, 3.05) is 0 Å². The van der Waals surface area contributed by atoms with E-state index in [1.165, 1.54) is 5.56 Å². The van der Waals surface area contributed by atoms with Crippen LogP contribution >= 0.6 is 0 Å².